The molecule has 1 saturated heterocycles. The maximum Gasteiger partial charge on any atom is 0.329 e. The molecular weight excluding hydrogens is 805 g/mol. The first-order valence-corrected chi connectivity index (χ1v) is 28.4. The lowest BCUT2D eigenvalue weighted by molar-refractivity contribution is -0.180. The van der Waals surface area contributed by atoms with Crippen molar-refractivity contribution in [2.45, 2.75) is 235 Å². The minimum atomic E-state index is -0.632. The summed E-state index contributed by atoms with van der Waals surface area (Å²) in [5, 5.41) is 9.55. The Morgan fingerprint density at radius 1 is 0.534 bits per heavy atom. The van der Waals surface area contributed by atoms with Crippen LogP contribution in [-0.2, 0) is 28.5 Å². The van der Waals surface area contributed by atoms with E-state index in [1.807, 2.05) is 0 Å². The van der Waals surface area contributed by atoms with E-state index in [9.17, 15) is 14.7 Å². The van der Waals surface area contributed by atoms with Crippen LogP contribution < -0.4 is 0 Å². The third kappa shape index (κ3) is 31.1. The van der Waals surface area contributed by atoms with E-state index < -0.39 is 5.79 Å². The maximum absolute atomic E-state index is 13.1. The van der Waals surface area contributed by atoms with Gasteiger partial charge in [-0.05, 0) is 93.6 Å². The largest absolute Gasteiger partial charge is 0.464 e. The summed E-state index contributed by atoms with van der Waals surface area (Å²) in [5.41, 5.74) is 0. The molecule has 1 rings (SSSR count). The molecule has 0 aromatic heterocycles. The smallest absolute Gasteiger partial charge is 0.329 e. The van der Waals surface area contributed by atoms with Crippen molar-refractivity contribution < 1.29 is 33.6 Å². The van der Waals surface area contributed by atoms with Gasteiger partial charge in [-0.2, -0.15) is 0 Å². The van der Waals surface area contributed by atoms with Crippen molar-refractivity contribution in [3.63, 3.8) is 0 Å². The molecule has 1 heterocycles. The first-order chi connectivity index (χ1) is 28.4. The Bertz CT molecular complexity index is 838. The highest BCUT2D eigenvalue weighted by Crippen LogP contribution is 2.36. The molecule has 0 amide bonds. The molecule has 0 aliphatic carbocycles. The van der Waals surface area contributed by atoms with E-state index in [2.05, 4.69) is 27.7 Å². The molecule has 58 heavy (non-hydrogen) atoms. The molecule has 344 valence electrons. The zero-order valence-electron chi connectivity index (χ0n) is 37.9. The fourth-order valence-corrected chi connectivity index (χ4v) is 12.2. The maximum atomic E-state index is 13.1. The summed E-state index contributed by atoms with van der Waals surface area (Å²) < 4.78 is 24.2. The standard InChI is InChI=1S/C47H90O7S4/c1-5-9-13-17-27-37-55-45(56-38-28-18-14-10-6-2)43(49)51-35-25-21-23-32-47(53-41-42(54-47)31-34-48)33-24-22-26-36-52-44(50)46(57-39-29-19-15-11-7-3)58-40-30-20-16-12-8-4/h42,45-46,48H,5-41H2,1-4H3. The molecule has 11 heteroatoms. The first-order valence-electron chi connectivity index (χ1n) is 24.2. The van der Waals surface area contributed by atoms with Gasteiger partial charge in [-0.1, -0.05) is 130 Å². The number of thioether (sulfide) groups is 4. The monoisotopic (exact) mass is 895 g/mol. The van der Waals surface area contributed by atoms with Gasteiger partial charge in [-0.25, -0.2) is 9.59 Å². The minimum Gasteiger partial charge on any atom is -0.464 e. The number of rotatable bonds is 44. The van der Waals surface area contributed by atoms with E-state index in [0.717, 1.165) is 74.4 Å². The van der Waals surface area contributed by atoms with Crippen molar-refractivity contribution >= 4 is 59.0 Å². The zero-order chi connectivity index (χ0) is 42.2. The van der Waals surface area contributed by atoms with Gasteiger partial charge in [0, 0.05) is 19.4 Å². The van der Waals surface area contributed by atoms with Crippen LogP contribution in [0.1, 0.15) is 214 Å². The average Bonchev–Trinajstić information content (AvgIpc) is 3.63. The van der Waals surface area contributed by atoms with Crippen molar-refractivity contribution in [2.75, 3.05) is 49.4 Å². The lowest BCUT2D eigenvalue weighted by Crippen LogP contribution is -2.31. The Kier molecular flexibility index (Phi) is 40.0. The number of esters is 2. The molecule has 0 radical (unpaired) electrons. The second-order valence-corrected chi connectivity index (χ2v) is 21.7. The molecule has 0 bridgehead atoms. The summed E-state index contributed by atoms with van der Waals surface area (Å²) >= 11 is 7.12. The number of aliphatic hydroxyl groups is 1. The van der Waals surface area contributed by atoms with Gasteiger partial charge in [0.2, 0.25) is 0 Å². The number of hydrogen-bond donors (Lipinski definition) is 1. The summed E-state index contributed by atoms with van der Waals surface area (Å²) in [7, 11) is 0. The van der Waals surface area contributed by atoms with Gasteiger partial charge >= 0.3 is 11.9 Å². The first kappa shape index (κ1) is 56.2. The van der Waals surface area contributed by atoms with Gasteiger partial charge in [-0.3, -0.25) is 0 Å². The highest BCUT2D eigenvalue weighted by atomic mass is 32.2. The molecule has 1 N–H and O–H groups in total. The predicted molar refractivity (Wildman–Crippen MR) is 257 cm³/mol. The van der Waals surface area contributed by atoms with Crippen molar-refractivity contribution in [1.29, 1.82) is 0 Å². The van der Waals surface area contributed by atoms with Crippen LogP contribution in [0.5, 0.6) is 0 Å². The quantitative estimate of drug-likeness (QED) is 0.0360. The van der Waals surface area contributed by atoms with Crippen LogP contribution >= 0.6 is 47.0 Å². The van der Waals surface area contributed by atoms with E-state index in [4.69, 9.17) is 18.9 Å². The molecule has 0 aromatic rings. The number of carbonyl (C=O) groups is 2. The fourth-order valence-electron chi connectivity index (χ4n) is 7.07. The van der Waals surface area contributed by atoms with Gasteiger partial charge in [0.25, 0.3) is 0 Å². The van der Waals surface area contributed by atoms with Crippen molar-refractivity contribution in [1.82, 2.24) is 0 Å². The van der Waals surface area contributed by atoms with E-state index in [-0.39, 0.29) is 33.8 Å². The Hall–Kier alpha value is 0.220. The molecule has 0 spiro atoms. The SMILES string of the molecule is CCCCCCCSC(SCCCCCCC)C(=O)OCCCCCC1(CCCCCOC(=O)C(SCCCCCCC)SCCCCCCC)OCC(CCO)O1. The zero-order valence-corrected chi connectivity index (χ0v) is 41.2. The molecule has 1 atom stereocenters. The van der Waals surface area contributed by atoms with Crippen LogP contribution in [0.4, 0.5) is 0 Å². The van der Waals surface area contributed by atoms with Crippen LogP contribution in [0.15, 0.2) is 0 Å². The lowest BCUT2D eigenvalue weighted by atomic mass is 10.0. The number of ether oxygens (including phenoxy) is 4. The topological polar surface area (TPSA) is 91.3 Å². The summed E-state index contributed by atoms with van der Waals surface area (Å²) in [6.07, 6.45) is 32.4. The Morgan fingerprint density at radius 2 is 0.879 bits per heavy atom. The Labute approximate surface area is 375 Å². The second-order valence-electron chi connectivity index (χ2n) is 16.2. The van der Waals surface area contributed by atoms with E-state index >= 15 is 0 Å². The highest BCUT2D eigenvalue weighted by molar-refractivity contribution is 8.18. The average molecular weight is 895 g/mol. The van der Waals surface area contributed by atoms with Crippen LogP contribution in [0.25, 0.3) is 0 Å². The van der Waals surface area contributed by atoms with Gasteiger partial charge in [-0.15, -0.1) is 47.0 Å². The molecule has 1 unspecified atom stereocenters. The molecule has 1 fully saturated rings. The summed E-state index contributed by atoms with van der Waals surface area (Å²) in [4.78, 5) is 26.3. The van der Waals surface area contributed by atoms with Crippen molar-refractivity contribution in [3.05, 3.63) is 0 Å². The van der Waals surface area contributed by atoms with Gasteiger partial charge in [0.15, 0.2) is 5.79 Å². The third-order valence-corrected chi connectivity index (χ3v) is 16.4. The predicted octanol–water partition coefficient (Wildman–Crippen LogP) is 14.2. The molecule has 0 saturated carbocycles. The number of aliphatic hydroxyl groups excluding tert-OH is 1. The second kappa shape index (κ2) is 41.2. The van der Waals surface area contributed by atoms with Crippen LogP contribution in [0.2, 0.25) is 0 Å². The van der Waals surface area contributed by atoms with E-state index in [1.165, 1.54) is 128 Å². The fraction of sp³-hybridized carbons (Fsp3) is 0.957. The molecule has 1 aliphatic heterocycles. The molecular formula is C47H90O7S4. The third-order valence-electron chi connectivity index (χ3n) is 10.7. The van der Waals surface area contributed by atoms with Gasteiger partial charge in [0.1, 0.15) is 9.16 Å². The van der Waals surface area contributed by atoms with Crippen LogP contribution in [0.3, 0.4) is 0 Å². The summed E-state index contributed by atoms with van der Waals surface area (Å²) in [5.74, 6) is 3.34. The molecule has 7 nitrogen and oxygen atoms in total. The van der Waals surface area contributed by atoms with Crippen LogP contribution in [-0.4, -0.2) is 87.5 Å². The van der Waals surface area contributed by atoms with Crippen molar-refractivity contribution in [2.24, 2.45) is 0 Å². The Balaban J connectivity index is 2.49. The Morgan fingerprint density at radius 3 is 1.22 bits per heavy atom. The lowest BCUT2D eigenvalue weighted by Gasteiger charge is -2.28. The van der Waals surface area contributed by atoms with Gasteiger partial charge in [0.05, 0.1) is 25.9 Å². The molecule has 1 aliphatic rings. The van der Waals surface area contributed by atoms with Crippen LogP contribution in [0, 0.1) is 0 Å². The summed E-state index contributed by atoms with van der Waals surface area (Å²) in [6.45, 7) is 10.5. The normalized spacial score (nSPS) is 15.2. The van der Waals surface area contributed by atoms with E-state index in [1.54, 1.807) is 47.0 Å². The molecule has 0 aromatic carbocycles. The van der Waals surface area contributed by atoms with Gasteiger partial charge < -0.3 is 24.1 Å². The number of unbranched alkanes of at least 4 members (excludes halogenated alkanes) is 20. The highest BCUT2D eigenvalue weighted by Gasteiger charge is 2.40. The van der Waals surface area contributed by atoms with E-state index in [0.29, 0.717) is 26.2 Å². The number of hydrogen-bond acceptors (Lipinski definition) is 11. The summed E-state index contributed by atoms with van der Waals surface area (Å²) in [6, 6.07) is 0. The number of carbonyl (C=O) groups excluding carboxylic acids is 2. The minimum absolute atomic E-state index is 0.0581. The van der Waals surface area contributed by atoms with Crippen molar-refractivity contribution in [3.8, 4) is 0 Å².